The van der Waals surface area contributed by atoms with Crippen molar-refractivity contribution in [3.63, 3.8) is 0 Å². The van der Waals surface area contributed by atoms with E-state index in [-0.39, 0.29) is 5.91 Å². The Morgan fingerprint density at radius 1 is 1.37 bits per heavy atom. The van der Waals surface area contributed by atoms with Crippen LogP contribution < -0.4 is 0 Å². The lowest BCUT2D eigenvalue weighted by molar-refractivity contribution is -0.150. The molecule has 2 rings (SSSR count). The van der Waals surface area contributed by atoms with E-state index >= 15 is 0 Å². The lowest BCUT2D eigenvalue weighted by Crippen LogP contribution is -2.47. The smallest absolute Gasteiger partial charge is 0.326 e. The number of piperidine rings is 1. The predicted molar refractivity (Wildman–Crippen MR) is 70.3 cm³/mol. The predicted octanol–water partition coefficient (Wildman–Crippen LogP) is 1.56. The minimum absolute atomic E-state index is 0.266. The van der Waals surface area contributed by atoms with Crippen molar-refractivity contribution in [2.45, 2.75) is 25.3 Å². The van der Waals surface area contributed by atoms with Crippen molar-refractivity contribution in [1.82, 2.24) is 9.88 Å². The molecule has 0 aliphatic carbocycles. The van der Waals surface area contributed by atoms with Crippen LogP contribution >= 0.6 is 0 Å². The molecule has 0 saturated carbocycles. The Balaban J connectivity index is 2.06. The highest BCUT2D eigenvalue weighted by atomic mass is 16.4. The number of hydrogen-bond acceptors (Lipinski definition) is 3. The van der Waals surface area contributed by atoms with Crippen LogP contribution in [-0.2, 0) is 9.59 Å². The van der Waals surface area contributed by atoms with Crippen LogP contribution in [0.25, 0.3) is 6.08 Å². The van der Waals surface area contributed by atoms with E-state index < -0.39 is 12.0 Å². The SMILES string of the molecule is O=C(O)[C@H]1CCCCN1C(=O)/C=C/c1ccccn1. The van der Waals surface area contributed by atoms with Gasteiger partial charge >= 0.3 is 5.97 Å². The van der Waals surface area contributed by atoms with Crippen LogP contribution in [0.1, 0.15) is 25.0 Å². The Bertz CT molecular complexity index is 485. The molecule has 2 heterocycles. The summed E-state index contributed by atoms with van der Waals surface area (Å²) in [6.07, 6.45) is 6.88. The molecular formula is C14H16N2O3. The van der Waals surface area contributed by atoms with Crippen LogP contribution in [0.5, 0.6) is 0 Å². The third-order valence-corrected chi connectivity index (χ3v) is 3.16. The highest BCUT2D eigenvalue weighted by molar-refractivity contribution is 5.94. The van der Waals surface area contributed by atoms with E-state index in [9.17, 15) is 9.59 Å². The second kappa shape index (κ2) is 6.13. The summed E-state index contributed by atoms with van der Waals surface area (Å²) >= 11 is 0. The molecule has 1 aliphatic heterocycles. The third-order valence-electron chi connectivity index (χ3n) is 3.16. The van der Waals surface area contributed by atoms with E-state index in [0.717, 1.165) is 12.8 Å². The van der Waals surface area contributed by atoms with Gasteiger partial charge in [-0.25, -0.2) is 4.79 Å². The van der Waals surface area contributed by atoms with E-state index in [4.69, 9.17) is 5.11 Å². The van der Waals surface area contributed by atoms with Gasteiger partial charge in [0.15, 0.2) is 0 Å². The van der Waals surface area contributed by atoms with Crippen molar-refractivity contribution < 1.29 is 14.7 Å². The standard InChI is InChI=1S/C14H16N2O3/c17-13(8-7-11-5-1-3-9-15-11)16-10-4-2-6-12(16)14(18)19/h1,3,5,7-9,12H,2,4,6,10H2,(H,18,19)/b8-7+/t12-/m1/s1. The fraction of sp³-hybridized carbons (Fsp3) is 0.357. The average Bonchev–Trinajstić information content (AvgIpc) is 2.46. The van der Waals surface area contributed by atoms with Gasteiger partial charge in [-0.2, -0.15) is 0 Å². The molecular weight excluding hydrogens is 244 g/mol. The fourth-order valence-corrected chi connectivity index (χ4v) is 2.18. The van der Waals surface area contributed by atoms with Crippen molar-refractivity contribution in [1.29, 1.82) is 0 Å². The normalized spacial score (nSPS) is 19.6. The van der Waals surface area contributed by atoms with Crippen LogP contribution in [-0.4, -0.2) is 39.5 Å². The van der Waals surface area contributed by atoms with E-state index in [0.29, 0.717) is 18.7 Å². The van der Waals surface area contributed by atoms with Crippen LogP contribution in [0, 0.1) is 0 Å². The van der Waals surface area contributed by atoms with Crippen molar-refractivity contribution >= 4 is 18.0 Å². The van der Waals surface area contributed by atoms with Crippen molar-refractivity contribution in [3.05, 3.63) is 36.2 Å². The number of aliphatic carboxylic acids is 1. The monoisotopic (exact) mass is 260 g/mol. The number of carbonyl (C=O) groups is 2. The van der Waals surface area contributed by atoms with Gasteiger partial charge in [-0.15, -0.1) is 0 Å². The van der Waals surface area contributed by atoms with E-state index in [1.807, 2.05) is 6.07 Å². The quantitative estimate of drug-likeness (QED) is 0.837. The summed E-state index contributed by atoms with van der Waals surface area (Å²) in [6, 6.07) is 4.71. The highest BCUT2D eigenvalue weighted by Crippen LogP contribution is 2.17. The zero-order valence-electron chi connectivity index (χ0n) is 10.5. The second-order valence-corrected chi connectivity index (χ2v) is 4.47. The van der Waals surface area contributed by atoms with Gasteiger partial charge in [0.25, 0.3) is 0 Å². The minimum Gasteiger partial charge on any atom is -0.480 e. The number of carbonyl (C=O) groups excluding carboxylic acids is 1. The molecule has 0 radical (unpaired) electrons. The molecule has 1 aromatic rings. The third kappa shape index (κ3) is 3.40. The van der Waals surface area contributed by atoms with E-state index in [2.05, 4.69) is 4.98 Å². The van der Waals surface area contributed by atoms with Gasteiger partial charge < -0.3 is 10.0 Å². The molecule has 0 unspecified atom stereocenters. The Morgan fingerprint density at radius 3 is 2.89 bits per heavy atom. The number of amides is 1. The zero-order valence-corrected chi connectivity index (χ0v) is 10.5. The summed E-state index contributed by atoms with van der Waals surface area (Å²) in [7, 11) is 0. The first-order valence-corrected chi connectivity index (χ1v) is 6.31. The summed E-state index contributed by atoms with van der Waals surface area (Å²) in [5, 5.41) is 9.11. The van der Waals surface area contributed by atoms with Crippen LogP contribution in [0.2, 0.25) is 0 Å². The number of hydrogen-bond donors (Lipinski definition) is 1. The number of carboxylic acid groups (broad SMARTS) is 1. The lowest BCUT2D eigenvalue weighted by atomic mass is 10.0. The summed E-state index contributed by atoms with van der Waals surface area (Å²) in [4.78, 5) is 28.6. The Morgan fingerprint density at radius 2 is 2.21 bits per heavy atom. The number of carboxylic acids is 1. The molecule has 1 atom stereocenters. The van der Waals surface area contributed by atoms with Crippen LogP contribution in [0.3, 0.4) is 0 Å². The molecule has 0 aromatic carbocycles. The van der Waals surface area contributed by atoms with Gasteiger partial charge in [0.05, 0.1) is 5.69 Å². The Kier molecular flexibility index (Phi) is 4.28. The summed E-state index contributed by atoms with van der Waals surface area (Å²) in [6.45, 7) is 0.502. The van der Waals surface area contributed by atoms with E-state index in [1.165, 1.54) is 11.0 Å². The molecule has 1 aromatic heterocycles. The number of likely N-dealkylation sites (tertiary alicyclic amines) is 1. The van der Waals surface area contributed by atoms with Gasteiger partial charge in [0.1, 0.15) is 6.04 Å². The molecule has 5 heteroatoms. The fourth-order valence-electron chi connectivity index (χ4n) is 2.18. The van der Waals surface area contributed by atoms with Crippen molar-refractivity contribution in [2.75, 3.05) is 6.54 Å². The number of rotatable bonds is 3. The number of nitrogens with zero attached hydrogens (tertiary/aromatic N) is 2. The first-order chi connectivity index (χ1) is 9.18. The van der Waals surface area contributed by atoms with Gasteiger partial charge in [0.2, 0.25) is 5.91 Å². The number of pyridine rings is 1. The number of aromatic nitrogens is 1. The summed E-state index contributed by atoms with van der Waals surface area (Å²) in [5.41, 5.74) is 0.680. The molecule has 1 N–H and O–H groups in total. The molecule has 1 amide bonds. The minimum atomic E-state index is -0.931. The first-order valence-electron chi connectivity index (χ1n) is 6.31. The highest BCUT2D eigenvalue weighted by Gasteiger charge is 2.30. The van der Waals surface area contributed by atoms with Crippen molar-refractivity contribution in [2.24, 2.45) is 0 Å². The molecule has 1 aliphatic rings. The molecule has 100 valence electrons. The maximum Gasteiger partial charge on any atom is 0.326 e. The maximum atomic E-state index is 12.0. The summed E-state index contributed by atoms with van der Waals surface area (Å²) < 4.78 is 0. The second-order valence-electron chi connectivity index (χ2n) is 4.47. The topological polar surface area (TPSA) is 70.5 Å². The largest absolute Gasteiger partial charge is 0.480 e. The van der Waals surface area contributed by atoms with Gasteiger partial charge in [-0.05, 0) is 37.5 Å². The van der Waals surface area contributed by atoms with Crippen LogP contribution in [0.4, 0.5) is 0 Å². The average molecular weight is 260 g/mol. The molecule has 1 saturated heterocycles. The zero-order chi connectivity index (χ0) is 13.7. The molecule has 1 fully saturated rings. The summed E-state index contributed by atoms with van der Waals surface area (Å²) in [5.74, 6) is -1.20. The van der Waals surface area contributed by atoms with Gasteiger partial charge in [-0.1, -0.05) is 6.07 Å². The van der Waals surface area contributed by atoms with Crippen molar-refractivity contribution in [3.8, 4) is 0 Å². The molecule has 5 nitrogen and oxygen atoms in total. The van der Waals surface area contributed by atoms with E-state index in [1.54, 1.807) is 24.4 Å². The molecule has 0 bridgehead atoms. The Labute approximate surface area is 111 Å². The van der Waals surface area contributed by atoms with Gasteiger partial charge in [-0.3, -0.25) is 9.78 Å². The van der Waals surface area contributed by atoms with Gasteiger partial charge in [0, 0.05) is 18.8 Å². The lowest BCUT2D eigenvalue weighted by Gasteiger charge is -2.32. The first kappa shape index (κ1) is 13.3. The molecule has 0 spiro atoms. The molecule has 19 heavy (non-hydrogen) atoms. The van der Waals surface area contributed by atoms with Crippen LogP contribution in [0.15, 0.2) is 30.5 Å². The maximum absolute atomic E-state index is 12.0. The Hall–Kier alpha value is -2.17.